The van der Waals surface area contributed by atoms with Gasteiger partial charge in [-0.1, -0.05) is 103 Å². The summed E-state index contributed by atoms with van der Waals surface area (Å²) in [6.45, 7) is 10.1. The topological polar surface area (TPSA) is 118 Å². The van der Waals surface area contributed by atoms with Crippen molar-refractivity contribution < 1.29 is 54.6 Å². The van der Waals surface area contributed by atoms with Crippen LogP contribution >= 0.6 is 0 Å². The van der Waals surface area contributed by atoms with Gasteiger partial charge in [0.05, 0.1) is 66.9 Å². The Morgan fingerprint density at radius 1 is 0.244 bits per heavy atom. The summed E-state index contributed by atoms with van der Waals surface area (Å²) in [5.74, 6) is 3.55. The lowest BCUT2D eigenvalue weighted by molar-refractivity contribution is -0.671. The Balaban J connectivity index is 0.0000000807. The van der Waals surface area contributed by atoms with Crippen LogP contribution in [0.25, 0.3) is 133 Å². The predicted octanol–water partition coefficient (Wildman–Crippen LogP) is 17.5. The van der Waals surface area contributed by atoms with Crippen LogP contribution in [0.4, 0.5) is 45.5 Å². The van der Waals surface area contributed by atoms with Crippen LogP contribution in [0.5, 0.6) is 23.0 Å². The maximum absolute atomic E-state index is 6.62. The minimum Gasteiger partial charge on any atom is -0.536 e. The van der Waals surface area contributed by atoms with Gasteiger partial charge in [0.25, 0.3) is 0 Å². The highest BCUT2D eigenvalue weighted by Gasteiger charge is 2.56. The molecule has 0 spiro atoms. The van der Waals surface area contributed by atoms with Crippen LogP contribution in [0, 0.1) is 20.8 Å². The first-order valence-electron chi connectivity index (χ1n) is 40.9. The summed E-state index contributed by atoms with van der Waals surface area (Å²) in [5.41, 5.74) is 41.2. The van der Waals surface area contributed by atoms with Crippen molar-refractivity contribution in [1.82, 2.24) is 0 Å². The van der Waals surface area contributed by atoms with Gasteiger partial charge in [0.15, 0.2) is 51.0 Å². The second-order valence-electron chi connectivity index (χ2n) is 33.5. The Bertz CT molecular complexity index is 8190. The minimum atomic E-state index is -0.153. The summed E-state index contributed by atoms with van der Waals surface area (Å²) in [4.78, 5) is 9.44. The molecule has 0 saturated heterocycles. The summed E-state index contributed by atoms with van der Waals surface area (Å²) in [7, 11) is -0.603. The third-order valence-corrected chi connectivity index (χ3v) is 26.8. The van der Waals surface area contributed by atoms with Crippen molar-refractivity contribution in [1.29, 1.82) is 0 Å². The van der Waals surface area contributed by atoms with Gasteiger partial charge in [-0.15, -0.1) is 0 Å². The van der Waals surface area contributed by atoms with Crippen molar-refractivity contribution in [2.24, 2.45) is 0 Å². The SMILES string of the molecule is Cc1cc2c3[n+](c1)Cc1cccc(c1-3)N1B2Oc2cc3c(cc21)oc1ccccc13.Cc1cc2c3c(c1)N1B(Oc4cc5oc6ccccc6c5cc41)c1ccc[n+](c1-3)C2.Cc1ccc2oc3cc4c(cc3c2c1)N1B(O4)c2ccc[n+]3c2-c2c(cccc21)C3.c1cc2c3c(c1)N1B(Oc4cc5oc6ccccc6c5cc41)c1ccc[n+](c1-3)C2. The minimum absolute atomic E-state index is 0.147. The average Bonchev–Trinajstić information content (AvgIpc) is 1.56. The maximum atomic E-state index is 6.62. The lowest BCUT2D eigenvalue weighted by Crippen LogP contribution is -2.54. The number of pyridine rings is 4. The van der Waals surface area contributed by atoms with Gasteiger partial charge in [0.2, 0.25) is 22.8 Å². The lowest BCUT2D eigenvalue weighted by Gasteiger charge is -2.28. The molecule has 0 saturated carbocycles. The summed E-state index contributed by atoms with van der Waals surface area (Å²) >= 11 is 0. The molecule has 20 aromatic rings. The van der Waals surface area contributed by atoms with Gasteiger partial charge in [0, 0.05) is 136 Å². The zero-order valence-corrected chi connectivity index (χ0v) is 64.5. The molecule has 32 rings (SSSR count). The molecule has 12 aliphatic heterocycles. The average molecular weight is 1530 g/mol. The van der Waals surface area contributed by atoms with E-state index in [0.717, 1.165) is 160 Å². The fourth-order valence-electron chi connectivity index (χ4n) is 22.0. The van der Waals surface area contributed by atoms with Gasteiger partial charge in [-0.2, -0.15) is 18.3 Å². The van der Waals surface area contributed by atoms with E-state index in [1.54, 1.807) is 0 Å². The molecule has 0 amide bonds. The van der Waals surface area contributed by atoms with Gasteiger partial charge in [0.1, 0.15) is 67.7 Å². The second-order valence-corrected chi connectivity index (χ2v) is 33.5. The van der Waals surface area contributed by atoms with Crippen LogP contribution in [0.3, 0.4) is 0 Å². The molecule has 0 fully saturated rings. The van der Waals surface area contributed by atoms with E-state index in [1.165, 1.54) is 129 Å². The number of aromatic nitrogens is 4. The van der Waals surface area contributed by atoms with E-state index in [-0.39, 0.29) is 28.2 Å². The smallest absolute Gasteiger partial charge is 0.531 e. The molecule has 12 aromatic carbocycles. The summed E-state index contributed by atoms with van der Waals surface area (Å²) in [5, 5.41) is 9.07. The molecule has 20 heterocycles. The van der Waals surface area contributed by atoms with E-state index in [0.29, 0.717) is 0 Å². The highest BCUT2D eigenvalue weighted by Crippen LogP contribution is 2.57. The Morgan fingerprint density at radius 2 is 0.613 bits per heavy atom. The zero-order chi connectivity index (χ0) is 77.4. The molecule has 119 heavy (non-hydrogen) atoms. The number of fused-ring (bicyclic) bond motifs is 32. The standard InChI is InChI=1S/3C25H16BN2O2.C24H14BN2O2/c1-14-7-8-21-16(10-14)17-11-20-23(12-22(17)29-21)30-26-18-5-3-9-27-13-15-4-2-6-19(28(20)26)24(15)25(18)27;1-14-9-18-25-24-15(13-27(25)12-14)5-4-7-19(24)28-20-11-22-17(10-23(20)30-26(18)28)16-6-2-3-8-21(16)29-22;1-14-9-15-13-27-8-4-6-18-25(27)24(15)20(10-14)28-19-11-17-16-5-2-3-7-21(16)29-22(17)12-23(19)30-26(18)28;1-2-9-20-15(6-1)16-11-19-22(12-21(16)28-20)29-25-17-7-4-10-26-13-14-5-3-8-18(27(19)25)23(14)24(17)26/h3*2-12H,13H2,1H3;1-12H,13H2/q4*+1. The first-order valence-corrected chi connectivity index (χ1v) is 40.9. The van der Waals surface area contributed by atoms with Crippen LogP contribution in [0.15, 0.2) is 291 Å². The molecular formula is C99H62B4N8O8+4. The van der Waals surface area contributed by atoms with Gasteiger partial charge in [-0.3, -0.25) is 0 Å². The molecule has 0 unspecified atom stereocenters. The number of nitrogens with zero attached hydrogens (tertiary/aromatic N) is 8. The molecule has 8 aromatic heterocycles. The third kappa shape index (κ3) is 8.36. The summed E-state index contributed by atoms with van der Waals surface area (Å²) < 4.78 is 60.2. The normalized spacial score (nSPS) is 14.8. The number of anilines is 8. The highest BCUT2D eigenvalue weighted by molar-refractivity contribution is 6.79. The number of benzene rings is 12. The van der Waals surface area contributed by atoms with E-state index in [9.17, 15) is 0 Å². The fraction of sp³-hybridized carbons (Fsp3) is 0.0707. The highest BCUT2D eigenvalue weighted by atomic mass is 16.5. The molecular weight excluding hydrogens is 1470 g/mol. The second kappa shape index (κ2) is 22.4. The predicted molar refractivity (Wildman–Crippen MR) is 466 cm³/mol. The van der Waals surface area contributed by atoms with Crippen molar-refractivity contribution in [3.63, 3.8) is 0 Å². The van der Waals surface area contributed by atoms with E-state index in [2.05, 4.69) is 295 Å². The maximum Gasteiger partial charge on any atom is 0.531 e. The van der Waals surface area contributed by atoms with Crippen molar-refractivity contribution in [3.8, 4) is 68.0 Å². The first kappa shape index (κ1) is 63.4. The molecule has 0 aliphatic carbocycles. The number of furan rings is 4. The lowest BCUT2D eigenvalue weighted by atomic mass is 9.66. The number of hydrogen-bond acceptors (Lipinski definition) is 12. The summed E-state index contributed by atoms with van der Waals surface area (Å²) in [6, 6.07) is 87.9. The van der Waals surface area contributed by atoms with Crippen molar-refractivity contribution >= 4 is 183 Å². The number of hydrogen-bond donors (Lipinski definition) is 0. The van der Waals surface area contributed by atoms with Crippen molar-refractivity contribution in [2.75, 3.05) is 19.2 Å². The van der Waals surface area contributed by atoms with Crippen LogP contribution < -0.4 is 78.0 Å². The molecule has 16 nitrogen and oxygen atoms in total. The molecule has 20 heteroatoms. The molecule has 554 valence electrons. The molecule has 0 N–H and O–H groups in total. The Morgan fingerprint density at radius 3 is 1.10 bits per heavy atom. The quantitative estimate of drug-likeness (QED) is 0.106. The molecule has 0 atom stereocenters. The van der Waals surface area contributed by atoms with Crippen molar-refractivity contribution in [3.05, 3.63) is 312 Å². The number of aryl methyl sites for hydroxylation is 3. The van der Waals surface area contributed by atoms with Crippen LogP contribution in [-0.4, -0.2) is 28.2 Å². The number of rotatable bonds is 0. The van der Waals surface area contributed by atoms with E-state index < -0.39 is 0 Å². The van der Waals surface area contributed by atoms with E-state index in [4.69, 9.17) is 36.3 Å². The van der Waals surface area contributed by atoms with E-state index >= 15 is 0 Å². The van der Waals surface area contributed by atoms with Gasteiger partial charge in [-0.05, 0) is 136 Å². The van der Waals surface area contributed by atoms with Crippen LogP contribution in [0.2, 0.25) is 0 Å². The third-order valence-electron chi connectivity index (χ3n) is 26.8. The fourth-order valence-corrected chi connectivity index (χ4v) is 22.0. The number of para-hydroxylation sites is 3. The zero-order valence-electron chi connectivity index (χ0n) is 64.5. The largest absolute Gasteiger partial charge is 0.536 e. The van der Waals surface area contributed by atoms with Crippen molar-refractivity contribution in [2.45, 2.75) is 47.0 Å². The Hall–Kier alpha value is -14.9. The molecule has 0 radical (unpaired) electrons. The van der Waals surface area contributed by atoms with E-state index in [1.807, 2.05) is 36.4 Å². The van der Waals surface area contributed by atoms with Gasteiger partial charge in [-0.25, -0.2) is 0 Å². The first-order chi connectivity index (χ1) is 58.6. The molecule has 0 bridgehead atoms. The summed E-state index contributed by atoms with van der Waals surface area (Å²) in [6.07, 6.45) is 8.76. The van der Waals surface area contributed by atoms with Gasteiger partial charge >= 0.3 is 28.2 Å². The Kier molecular flexibility index (Phi) is 11.9. The Labute approximate surface area is 680 Å². The van der Waals surface area contributed by atoms with Crippen LogP contribution in [-0.2, 0) is 26.2 Å². The van der Waals surface area contributed by atoms with Gasteiger partial charge < -0.3 is 55.5 Å². The van der Waals surface area contributed by atoms with Crippen LogP contribution in [0.1, 0.15) is 38.9 Å². The molecule has 12 aliphatic rings. The monoisotopic (exact) mass is 1530 g/mol.